The van der Waals surface area contributed by atoms with Gasteiger partial charge >= 0.3 is 12.1 Å². The Bertz CT molecular complexity index is 415. The predicted molar refractivity (Wildman–Crippen MR) is 62.1 cm³/mol. The van der Waals surface area contributed by atoms with E-state index in [0.29, 0.717) is 17.9 Å². The monoisotopic (exact) mass is 237 g/mol. The molecule has 0 spiro atoms. The average molecular weight is 237 g/mol. The normalized spacial score (nSPS) is 9.59. The first-order valence-corrected chi connectivity index (χ1v) is 5.21. The van der Waals surface area contributed by atoms with Crippen LogP contribution in [0.25, 0.3) is 0 Å². The second kappa shape index (κ2) is 5.89. The van der Waals surface area contributed by atoms with Gasteiger partial charge in [-0.15, -0.1) is 0 Å². The first-order valence-electron chi connectivity index (χ1n) is 5.21. The first kappa shape index (κ1) is 13.0. The van der Waals surface area contributed by atoms with Crippen molar-refractivity contribution < 1.29 is 19.1 Å². The number of hydrogen-bond donors (Lipinski definition) is 0. The highest BCUT2D eigenvalue weighted by Crippen LogP contribution is 2.14. The van der Waals surface area contributed by atoms with Gasteiger partial charge in [0.15, 0.2) is 0 Å². The van der Waals surface area contributed by atoms with Gasteiger partial charge in [-0.05, 0) is 25.1 Å². The lowest BCUT2D eigenvalue weighted by atomic mass is 10.2. The van der Waals surface area contributed by atoms with E-state index in [1.807, 2.05) is 0 Å². The lowest BCUT2D eigenvalue weighted by Gasteiger charge is -2.11. The minimum atomic E-state index is -0.494. The van der Waals surface area contributed by atoms with Crippen LogP contribution in [0, 0.1) is 0 Å². The van der Waals surface area contributed by atoms with Gasteiger partial charge in [-0.3, -0.25) is 0 Å². The molecule has 0 unspecified atom stereocenters. The third-order valence-corrected chi connectivity index (χ3v) is 1.92. The number of rotatable bonds is 3. The topological polar surface area (TPSA) is 55.8 Å². The molecule has 1 amide bonds. The highest BCUT2D eigenvalue weighted by atomic mass is 16.6. The van der Waals surface area contributed by atoms with Crippen molar-refractivity contribution >= 4 is 12.1 Å². The van der Waals surface area contributed by atoms with Gasteiger partial charge in [0.25, 0.3) is 0 Å². The molecular weight excluding hydrogens is 222 g/mol. The average Bonchev–Trinajstić information content (AvgIpc) is 2.29. The van der Waals surface area contributed by atoms with Crippen molar-refractivity contribution in [3.63, 3.8) is 0 Å². The highest BCUT2D eigenvalue weighted by molar-refractivity contribution is 5.90. The molecule has 0 aliphatic heterocycles. The molecule has 0 atom stereocenters. The Labute approximate surface area is 99.9 Å². The second-order valence-electron chi connectivity index (χ2n) is 3.51. The number of hydrogen-bond acceptors (Lipinski definition) is 4. The zero-order valence-electron chi connectivity index (χ0n) is 10.1. The van der Waals surface area contributed by atoms with E-state index in [0.717, 1.165) is 0 Å². The lowest BCUT2D eigenvalue weighted by Crippen LogP contribution is -2.25. The first-order chi connectivity index (χ1) is 8.04. The zero-order chi connectivity index (χ0) is 12.8. The van der Waals surface area contributed by atoms with Gasteiger partial charge < -0.3 is 14.4 Å². The molecular formula is C12H15NO4. The van der Waals surface area contributed by atoms with Crippen LogP contribution < -0.4 is 4.74 Å². The molecule has 0 radical (unpaired) electrons. The number of amides is 1. The van der Waals surface area contributed by atoms with Crippen LogP contribution in [0.2, 0.25) is 0 Å². The van der Waals surface area contributed by atoms with Crippen molar-refractivity contribution in [2.75, 3.05) is 20.7 Å². The maximum absolute atomic E-state index is 11.4. The van der Waals surface area contributed by atoms with E-state index >= 15 is 0 Å². The highest BCUT2D eigenvalue weighted by Gasteiger charge is 2.10. The molecule has 0 aliphatic carbocycles. The van der Waals surface area contributed by atoms with E-state index in [-0.39, 0.29) is 0 Å². The molecule has 0 aromatic heterocycles. The Balaban J connectivity index is 2.79. The lowest BCUT2D eigenvalue weighted by molar-refractivity contribution is 0.0525. The zero-order valence-corrected chi connectivity index (χ0v) is 10.1. The fourth-order valence-corrected chi connectivity index (χ4v) is 1.09. The predicted octanol–water partition coefficient (Wildman–Crippen LogP) is 1.92. The Hall–Kier alpha value is -2.04. The Morgan fingerprint density at radius 3 is 2.59 bits per heavy atom. The fourth-order valence-electron chi connectivity index (χ4n) is 1.09. The van der Waals surface area contributed by atoms with Crippen molar-refractivity contribution in [1.29, 1.82) is 0 Å². The SMILES string of the molecule is CCOC(=O)c1cccc(OC(=O)N(C)C)c1. The summed E-state index contributed by atoms with van der Waals surface area (Å²) in [5, 5.41) is 0. The molecule has 1 rings (SSSR count). The summed E-state index contributed by atoms with van der Waals surface area (Å²) in [6, 6.07) is 6.30. The van der Waals surface area contributed by atoms with Gasteiger partial charge in [0.05, 0.1) is 12.2 Å². The van der Waals surface area contributed by atoms with Crippen molar-refractivity contribution in [2.45, 2.75) is 6.92 Å². The Kier molecular flexibility index (Phi) is 4.51. The molecule has 0 saturated heterocycles. The summed E-state index contributed by atoms with van der Waals surface area (Å²) in [5.74, 6) is -0.121. The molecule has 5 nitrogen and oxygen atoms in total. The molecule has 0 aliphatic rings. The number of benzene rings is 1. The molecule has 0 saturated carbocycles. The minimum absolute atomic E-state index is 0.306. The molecule has 0 bridgehead atoms. The maximum atomic E-state index is 11.4. The summed E-state index contributed by atoms with van der Waals surface area (Å²) < 4.78 is 9.87. The molecule has 92 valence electrons. The fraction of sp³-hybridized carbons (Fsp3) is 0.333. The summed E-state index contributed by atoms with van der Waals surface area (Å²) in [5.41, 5.74) is 0.357. The van der Waals surface area contributed by atoms with Crippen LogP contribution in [-0.2, 0) is 4.74 Å². The van der Waals surface area contributed by atoms with E-state index in [1.165, 1.54) is 11.0 Å². The summed E-state index contributed by atoms with van der Waals surface area (Å²) >= 11 is 0. The van der Waals surface area contributed by atoms with Crippen LogP contribution in [0.15, 0.2) is 24.3 Å². The molecule has 1 aromatic carbocycles. The van der Waals surface area contributed by atoms with Gasteiger partial charge in [0, 0.05) is 14.1 Å². The van der Waals surface area contributed by atoms with Crippen LogP contribution >= 0.6 is 0 Å². The second-order valence-corrected chi connectivity index (χ2v) is 3.51. The quantitative estimate of drug-likeness (QED) is 0.754. The molecule has 1 aromatic rings. The van der Waals surface area contributed by atoms with Gasteiger partial charge in [-0.25, -0.2) is 9.59 Å². The van der Waals surface area contributed by atoms with Crippen molar-refractivity contribution in [1.82, 2.24) is 4.90 Å². The van der Waals surface area contributed by atoms with Gasteiger partial charge in [0.2, 0.25) is 0 Å². The van der Waals surface area contributed by atoms with Gasteiger partial charge in [-0.1, -0.05) is 6.07 Å². The molecule has 0 N–H and O–H groups in total. The Morgan fingerprint density at radius 1 is 1.29 bits per heavy atom. The van der Waals surface area contributed by atoms with Crippen molar-refractivity contribution in [3.8, 4) is 5.75 Å². The van der Waals surface area contributed by atoms with Crippen molar-refractivity contribution in [2.24, 2.45) is 0 Å². The summed E-state index contributed by atoms with van der Waals surface area (Å²) in [6.07, 6.45) is -0.494. The number of esters is 1. The largest absolute Gasteiger partial charge is 0.462 e. The van der Waals surface area contributed by atoms with Gasteiger partial charge in [0.1, 0.15) is 5.75 Å². The van der Waals surface area contributed by atoms with Crippen molar-refractivity contribution in [3.05, 3.63) is 29.8 Å². The third kappa shape index (κ3) is 3.79. The number of carbonyl (C=O) groups excluding carboxylic acids is 2. The smallest absolute Gasteiger partial charge is 0.414 e. The minimum Gasteiger partial charge on any atom is -0.462 e. The summed E-state index contributed by atoms with van der Waals surface area (Å²) in [7, 11) is 3.16. The van der Waals surface area contributed by atoms with Crippen LogP contribution in [0.4, 0.5) is 4.79 Å². The van der Waals surface area contributed by atoms with Crippen LogP contribution in [0.3, 0.4) is 0 Å². The van der Waals surface area contributed by atoms with E-state index in [2.05, 4.69) is 0 Å². The van der Waals surface area contributed by atoms with Gasteiger partial charge in [-0.2, -0.15) is 0 Å². The van der Waals surface area contributed by atoms with E-state index in [9.17, 15) is 9.59 Å². The molecule has 0 heterocycles. The van der Waals surface area contributed by atoms with Crippen LogP contribution in [0.5, 0.6) is 5.75 Å². The number of carbonyl (C=O) groups is 2. The third-order valence-electron chi connectivity index (χ3n) is 1.92. The number of ether oxygens (including phenoxy) is 2. The molecule has 17 heavy (non-hydrogen) atoms. The van der Waals surface area contributed by atoms with E-state index < -0.39 is 12.1 Å². The van der Waals surface area contributed by atoms with Crippen LogP contribution in [0.1, 0.15) is 17.3 Å². The van der Waals surface area contributed by atoms with E-state index in [1.54, 1.807) is 39.2 Å². The summed E-state index contributed by atoms with van der Waals surface area (Å²) in [6.45, 7) is 2.04. The molecule has 5 heteroatoms. The molecule has 0 fully saturated rings. The maximum Gasteiger partial charge on any atom is 0.414 e. The number of nitrogens with zero attached hydrogens (tertiary/aromatic N) is 1. The summed E-state index contributed by atoms with van der Waals surface area (Å²) in [4.78, 5) is 24.1. The Morgan fingerprint density at radius 2 is 2.00 bits per heavy atom. The standard InChI is InChI=1S/C12H15NO4/c1-4-16-11(14)9-6-5-7-10(8-9)17-12(15)13(2)3/h5-8H,4H2,1-3H3. The van der Waals surface area contributed by atoms with E-state index in [4.69, 9.17) is 9.47 Å². The van der Waals surface area contributed by atoms with Crippen LogP contribution in [-0.4, -0.2) is 37.7 Å².